The third-order valence-corrected chi connectivity index (χ3v) is 5.50. The fourth-order valence-electron chi connectivity index (χ4n) is 3.65. The second-order valence-electron chi connectivity index (χ2n) is 7.57. The molecule has 0 saturated carbocycles. The van der Waals surface area contributed by atoms with Crippen molar-refractivity contribution >= 4 is 29.3 Å². The first kappa shape index (κ1) is 22.5. The molecule has 3 rings (SSSR count). The number of alkyl carbamates (subject to hydrolysis) is 1. The van der Waals surface area contributed by atoms with Gasteiger partial charge in [0, 0.05) is 22.7 Å². The molecule has 1 fully saturated rings. The second-order valence-corrected chi connectivity index (χ2v) is 7.95. The lowest BCUT2D eigenvalue weighted by molar-refractivity contribution is -0.135. The SMILES string of the molecule is COC(=O)N[C@H](C(=O)N1CCC[C@@H]1c1nc(-c2ccc(N=[N+]=[N-])cc2)c(Cl)[nH]1)C(C)C. The topological polar surface area (TPSA) is 136 Å². The van der Waals surface area contributed by atoms with Crippen LogP contribution in [0, 0.1) is 5.92 Å². The Morgan fingerprint density at radius 2 is 2.10 bits per heavy atom. The minimum Gasteiger partial charge on any atom is -0.453 e. The van der Waals surface area contributed by atoms with Crippen molar-refractivity contribution in [3.63, 3.8) is 0 Å². The number of methoxy groups -OCH3 is 1. The fraction of sp³-hybridized carbons (Fsp3) is 0.450. The lowest BCUT2D eigenvalue weighted by Crippen LogP contribution is -2.51. The summed E-state index contributed by atoms with van der Waals surface area (Å²) in [5.41, 5.74) is 10.3. The number of azide groups is 1. The van der Waals surface area contributed by atoms with E-state index in [0.717, 1.165) is 18.4 Å². The van der Waals surface area contributed by atoms with Crippen LogP contribution in [-0.4, -0.2) is 46.6 Å². The molecule has 0 unspecified atom stereocenters. The van der Waals surface area contributed by atoms with Crippen LogP contribution in [0.5, 0.6) is 0 Å². The summed E-state index contributed by atoms with van der Waals surface area (Å²) in [5.74, 6) is 0.291. The van der Waals surface area contributed by atoms with Crippen molar-refractivity contribution in [2.45, 2.75) is 38.8 Å². The van der Waals surface area contributed by atoms with Crippen LogP contribution in [0.1, 0.15) is 38.6 Å². The summed E-state index contributed by atoms with van der Waals surface area (Å²) >= 11 is 6.41. The van der Waals surface area contributed by atoms with Crippen LogP contribution in [0.25, 0.3) is 21.7 Å². The van der Waals surface area contributed by atoms with E-state index in [9.17, 15) is 9.59 Å². The maximum atomic E-state index is 13.2. The molecular formula is C20H24ClN7O3. The summed E-state index contributed by atoms with van der Waals surface area (Å²) in [4.78, 5) is 37.2. The molecule has 2 aromatic rings. The Bertz CT molecular complexity index is 999. The molecule has 2 atom stereocenters. The van der Waals surface area contributed by atoms with E-state index >= 15 is 0 Å². The van der Waals surface area contributed by atoms with Gasteiger partial charge in [-0.05, 0) is 24.3 Å². The Balaban J connectivity index is 1.85. The number of nitrogens with one attached hydrogen (secondary N) is 2. The summed E-state index contributed by atoms with van der Waals surface area (Å²) in [5, 5.41) is 6.54. The minimum atomic E-state index is -0.703. The summed E-state index contributed by atoms with van der Waals surface area (Å²) in [6.45, 7) is 4.29. The minimum absolute atomic E-state index is 0.113. The zero-order chi connectivity index (χ0) is 22.5. The number of halogens is 1. The molecule has 1 saturated heterocycles. The van der Waals surface area contributed by atoms with Crippen molar-refractivity contribution in [1.29, 1.82) is 0 Å². The molecule has 1 aliphatic heterocycles. The van der Waals surface area contributed by atoms with Crippen molar-refractivity contribution in [3.8, 4) is 11.3 Å². The van der Waals surface area contributed by atoms with E-state index in [1.165, 1.54) is 7.11 Å². The van der Waals surface area contributed by atoms with Crippen molar-refractivity contribution < 1.29 is 14.3 Å². The Hall–Kier alpha value is -3.23. The molecule has 164 valence electrons. The lowest BCUT2D eigenvalue weighted by Gasteiger charge is -2.29. The number of aromatic nitrogens is 2. The quantitative estimate of drug-likeness (QED) is 0.377. The molecule has 2 heterocycles. The van der Waals surface area contributed by atoms with Crippen LogP contribution in [0.3, 0.4) is 0 Å². The monoisotopic (exact) mass is 445 g/mol. The summed E-state index contributed by atoms with van der Waals surface area (Å²) in [7, 11) is 1.27. The van der Waals surface area contributed by atoms with Gasteiger partial charge in [-0.15, -0.1) is 0 Å². The number of rotatable bonds is 6. The molecule has 1 aromatic heterocycles. The van der Waals surface area contributed by atoms with Crippen molar-refractivity contribution in [2.75, 3.05) is 13.7 Å². The Kier molecular flexibility index (Phi) is 7.04. The molecule has 0 spiro atoms. The Morgan fingerprint density at radius 3 is 2.71 bits per heavy atom. The largest absolute Gasteiger partial charge is 0.453 e. The van der Waals surface area contributed by atoms with Crippen LogP contribution in [-0.2, 0) is 9.53 Å². The molecule has 2 N–H and O–H groups in total. The number of hydrogen-bond donors (Lipinski definition) is 2. The predicted octanol–water partition coefficient (Wildman–Crippen LogP) is 4.72. The van der Waals surface area contributed by atoms with E-state index < -0.39 is 12.1 Å². The van der Waals surface area contributed by atoms with E-state index in [1.807, 2.05) is 13.8 Å². The number of H-pyrrole nitrogens is 1. The zero-order valence-electron chi connectivity index (χ0n) is 17.5. The van der Waals surface area contributed by atoms with Gasteiger partial charge in [0.1, 0.15) is 22.7 Å². The third-order valence-electron chi connectivity index (χ3n) is 5.22. The van der Waals surface area contributed by atoms with Crippen LogP contribution < -0.4 is 5.32 Å². The number of likely N-dealkylation sites (tertiary alicyclic amines) is 1. The molecule has 31 heavy (non-hydrogen) atoms. The second kappa shape index (κ2) is 9.72. The highest BCUT2D eigenvalue weighted by molar-refractivity contribution is 6.31. The summed E-state index contributed by atoms with van der Waals surface area (Å²) in [6.07, 6.45) is 0.900. The van der Waals surface area contributed by atoms with E-state index in [2.05, 4.69) is 30.0 Å². The van der Waals surface area contributed by atoms with Crippen LogP contribution in [0.2, 0.25) is 5.15 Å². The number of imidazole rings is 1. The van der Waals surface area contributed by atoms with Gasteiger partial charge in [0.05, 0.1) is 13.2 Å². The average molecular weight is 446 g/mol. The number of ether oxygens (including phenoxy) is 1. The third kappa shape index (κ3) is 4.92. The number of aromatic amines is 1. The number of nitrogens with zero attached hydrogens (tertiary/aromatic N) is 5. The molecule has 0 aliphatic carbocycles. The first-order chi connectivity index (χ1) is 14.8. The molecule has 0 bridgehead atoms. The number of carbonyl (C=O) groups is 2. The molecule has 11 heteroatoms. The number of hydrogen-bond acceptors (Lipinski definition) is 5. The van der Waals surface area contributed by atoms with Gasteiger partial charge >= 0.3 is 6.09 Å². The first-order valence-electron chi connectivity index (χ1n) is 9.91. The van der Waals surface area contributed by atoms with Crippen LogP contribution in [0.4, 0.5) is 10.5 Å². The molecular weight excluding hydrogens is 422 g/mol. The van der Waals surface area contributed by atoms with Gasteiger partial charge in [0.2, 0.25) is 5.91 Å². The van der Waals surface area contributed by atoms with Crippen molar-refractivity contribution in [2.24, 2.45) is 11.0 Å². The lowest BCUT2D eigenvalue weighted by atomic mass is 10.0. The number of carbonyl (C=O) groups excluding carboxylic acids is 2. The average Bonchev–Trinajstić information content (AvgIpc) is 3.38. The van der Waals surface area contributed by atoms with Gasteiger partial charge in [-0.2, -0.15) is 0 Å². The van der Waals surface area contributed by atoms with Gasteiger partial charge in [-0.3, -0.25) is 4.79 Å². The maximum absolute atomic E-state index is 13.2. The smallest absolute Gasteiger partial charge is 0.407 e. The van der Waals surface area contributed by atoms with E-state index in [1.54, 1.807) is 29.2 Å². The zero-order valence-corrected chi connectivity index (χ0v) is 18.3. The predicted molar refractivity (Wildman–Crippen MR) is 116 cm³/mol. The summed E-state index contributed by atoms with van der Waals surface area (Å²) in [6, 6.07) is 5.91. The van der Waals surface area contributed by atoms with Crippen LogP contribution >= 0.6 is 11.6 Å². The normalized spacial score (nSPS) is 16.7. The Morgan fingerprint density at radius 1 is 1.39 bits per heavy atom. The van der Waals surface area contributed by atoms with E-state index in [-0.39, 0.29) is 17.9 Å². The molecule has 2 amide bonds. The van der Waals surface area contributed by atoms with Crippen LogP contribution in [0.15, 0.2) is 29.4 Å². The molecule has 1 aromatic carbocycles. The van der Waals surface area contributed by atoms with Gasteiger partial charge < -0.3 is 19.9 Å². The van der Waals surface area contributed by atoms with Crippen molar-refractivity contribution in [3.05, 3.63) is 45.7 Å². The van der Waals surface area contributed by atoms with Gasteiger partial charge in [0.25, 0.3) is 0 Å². The first-order valence-corrected chi connectivity index (χ1v) is 10.3. The van der Waals surface area contributed by atoms with Gasteiger partial charge in [0.15, 0.2) is 0 Å². The van der Waals surface area contributed by atoms with Gasteiger partial charge in [-0.25, -0.2) is 9.78 Å². The highest BCUT2D eigenvalue weighted by Crippen LogP contribution is 2.35. The number of benzene rings is 1. The highest BCUT2D eigenvalue weighted by Gasteiger charge is 2.37. The summed E-state index contributed by atoms with van der Waals surface area (Å²) < 4.78 is 4.66. The molecule has 0 radical (unpaired) electrons. The number of amides is 2. The van der Waals surface area contributed by atoms with E-state index in [4.69, 9.17) is 17.1 Å². The Labute approximate surface area is 184 Å². The molecule has 1 aliphatic rings. The highest BCUT2D eigenvalue weighted by atomic mass is 35.5. The van der Waals surface area contributed by atoms with Crippen molar-refractivity contribution in [1.82, 2.24) is 20.2 Å². The van der Waals surface area contributed by atoms with E-state index in [0.29, 0.717) is 28.9 Å². The maximum Gasteiger partial charge on any atom is 0.407 e. The fourth-order valence-corrected chi connectivity index (χ4v) is 3.90. The molecule has 10 nitrogen and oxygen atoms in total. The standard InChI is InChI=1S/C20H24ClN7O3/c1-11(2)15(24-20(30)31-3)19(29)28-10-4-5-14(28)18-23-16(17(21)25-18)12-6-8-13(9-7-12)26-27-22/h6-9,11,14-15H,4-5,10H2,1-3H3,(H,23,25)(H,24,30)/t14-,15+/m1/s1. The van der Waals surface area contributed by atoms with Gasteiger partial charge in [-0.1, -0.05) is 54.8 Å².